The number of nitrogen functional groups attached to an aromatic ring is 1. The zero-order valence-electron chi connectivity index (χ0n) is 12.6. The summed E-state index contributed by atoms with van der Waals surface area (Å²) < 4.78 is 34.1. The molecule has 2 saturated heterocycles. The second kappa shape index (κ2) is 4.97. The van der Waals surface area contributed by atoms with Crippen molar-refractivity contribution in [1.29, 1.82) is 0 Å². The molecule has 0 amide bonds. The van der Waals surface area contributed by atoms with Crippen LogP contribution in [0.15, 0.2) is 11.0 Å². The predicted molar refractivity (Wildman–Crippen MR) is 81.7 cm³/mol. The SMILES string of the molecule is Cc1cc(N)c(C)c(S(=O)(=O)NC2CC3CCC2O3)c1C. The zero-order valence-corrected chi connectivity index (χ0v) is 13.5. The molecule has 2 bridgehead atoms. The largest absolute Gasteiger partial charge is 0.398 e. The van der Waals surface area contributed by atoms with Crippen LogP contribution in [-0.4, -0.2) is 26.7 Å². The lowest BCUT2D eigenvalue weighted by Gasteiger charge is -2.22. The Kier molecular flexibility index (Phi) is 3.50. The fourth-order valence-corrected chi connectivity index (χ4v) is 5.31. The maximum absolute atomic E-state index is 12.8. The van der Waals surface area contributed by atoms with Crippen LogP contribution in [0.1, 0.15) is 36.0 Å². The molecule has 6 heteroatoms. The van der Waals surface area contributed by atoms with E-state index in [0.29, 0.717) is 16.1 Å². The Morgan fingerprint density at radius 2 is 1.95 bits per heavy atom. The van der Waals surface area contributed by atoms with E-state index >= 15 is 0 Å². The van der Waals surface area contributed by atoms with Crippen LogP contribution in [0.4, 0.5) is 5.69 Å². The van der Waals surface area contributed by atoms with E-state index in [-0.39, 0.29) is 18.2 Å². The van der Waals surface area contributed by atoms with Crippen LogP contribution in [-0.2, 0) is 14.8 Å². The van der Waals surface area contributed by atoms with Gasteiger partial charge in [0.2, 0.25) is 10.0 Å². The molecule has 0 radical (unpaired) electrons. The second-order valence-corrected chi connectivity index (χ2v) is 7.85. The average Bonchev–Trinajstić information content (AvgIpc) is 2.98. The smallest absolute Gasteiger partial charge is 0.241 e. The molecule has 1 aromatic rings. The molecule has 116 valence electrons. The second-order valence-electron chi connectivity index (χ2n) is 6.20. The highest BCUT2D eigenvalue weighted by molar-refractivity contribution is 7.89. The van der Waals surface area contributed by atoms with E-state index in [1.165, 1.54) is 0 Å². The predicted octanol–water partition coefficient (Wildman–Crippen LogP) is 1.79. The first kappa shape index (κ1) is 14.8. The third kappa shape index (κ3) is 2.45. The Morgan fingerprint density at radius 3 is 2.52 bits per heavy atom. The molecule has 2 heterocycles. The van der Waals surface area contributed by atoms with E-state index in [0.717, 1.165) is 30.4 Å². The molecule has 3 rings (SSSR count). The molecule has 0 aromatic heterocycles. The number of ether oxygens (including phenoxy) is 1. The molecule has 2 aliphatic heterocycles. The summed E-state index contributed by atoms with van der Waals surface area (Å²) in [7, 11) is -3.58. The first-order valence-corrected chi connectivity index (χ1v) is 8.82. The lowest BCUT2D eigenvalue weighted by molar-refractivity contribution is 0.0996. The summed E-state index contributed by atoms with van der Waals surface area (Å²) in [4.78, 5) is 0.322. The first-order chi connectivity index (χ1) is 9.79. The van der Waals surface area contributed by atoms with Crippen LogP contribution < -0.4 is 10.5 Å². The number of nitrogens with one attached hydrogen (secondary N) is 1. The van der Waals surface area contributed by atoms with Gasteiger partial charge in [0.25, 0.3) is 0 Å². The van der Waals surface area contributed by atoms with Gasteiger partial charge in [-0.1, -0.05) is 0 Å². The fourth-order valence-electron chi connectivity index (χ4n) is 3.46. The molecule has 1 aromatic carbocycles. The summed E-state index contributed by atoms with van der Waals surface area (Å²) in [5.41, 5.74) is 8.73. The van der Waals surface area contributed by atoms with Gasteiger partial charge in [-0.2, -0.15) is 0 Å². The molecular weight excluding hydrogens is 288 g/mol. The minimum atomic E-state index is -3.58. The van der Waals surface area contributed by atoms with Crippen molar-refractivity contribution in [3.63, 3.8) is 0 Å². The number of nitrogens with two attached hydrogens (primary N) is 1. The quantitative estimate of drug-likeness (QED) is 0.834. The van der Waals surface area contributed by atoms with E-state index in [1.807, 2.05) is 19.9 Å². The summed E-state index contributed by atoms with van der Waals surface area (Å²) in [6, 6.07) is 1.71. The molecule has 21 heavy (non-hydrogen) atoms. The lowest BCUT2D eigenvalue weighted by Crippen LogP contribution is -2.41. The number of benzene rings is 1. The number of rotatable bonds is 3. The van der Waals surface area contributed by atoms with E-state index in [1.54, 1.807) is 6.92 Å². The number of anilines is 1. The summed E-state index contributed by atoms with van der Waals surface area (Å²) in [5, 5.41) is 0. The van der Waals surface area contributed by atoms with Crippen LogP contribution in [0.3, 0.4) is 0 Å². The molecular formula is C15H22N2O3S. The van der Waals surface area contributed by atoms with Crippen molar-refractivity contribution in [3.8, 4) is 0 Å². The molecule has 3 atom stereocenters. The van der Waals surface area contributed by atoms with Crippen molar-refractivity contribution in [2.45, 2.75) is 63.2 Å². The molecule has 3 unspecified atom stereocenters. The van der Waals surface area contributed by atoms with Crippen LogP contribution in [0.2, 0.25) is 0 Å². The Balaban J connectivity index is 1.96. The van der Waals surface area contributed by atoms with Crippen molar-refractivity contribution >= 4 is 15.7 Å². The number of sulfonamides is 1. The molecule has 5 nitrogen and oxygen atoms in total. The Labute approximate surface area is 125 Å². The topological polar surface area (TPSA) is 81.4 Å². The summed E-state index contributed by atoms with van der Waals surface area (Å²) in [5.74, 6) is 0. The van der Waals surface area contributed by atoms with Gasteiger partial charge in [-0.15, -0.1) is 0 Å². The van der Waals surface area contributed by atoms with Crippen molar-refractivity contribution in [2.75, 3.05) is 5.73 Å². The van der Waals surface area contributed by atoms with Gasteiger partial charge in [-0.25, -0.2) is 13.1 Å². The van der Waals surface area contributed by atoms with E-state index in [9.17, 15) is 8.42 Å². The Bertz CT molecular complexity index is 658. The van der Waals surface area contributed by atoms with Gasteiger partial charge < -0.3 is 10.5 Å². The van der Waals surface area contributed by atoms with Crippen LogP contribution >= 0.6 is 0 Å². The highest BCUT2D eigenvalue weighted by Gasteiger charge is 2.43. The molecule has 0 aliphatic carbocycles. The lowest BCUT2D eigenvalue weighted by atomic mass is 9.96. The summed E-state index contributed by atoms with van der Waals surface area (Å²) in [6.07, 6.45) is 2.98. The van der Waals surface area contributed by atoms with Gasteiger partial charge in [0.05, 0.1) is 23.1 Å². The van der Waals surface area contributed by atoms with Gasteiger partial charge >= 0.3 is 0 Å². The van der Waals surface area contributed by atoms with Crippen LogP contribution in [0.5, 0.6) is 0 Å². The number of aryl methyl sites for hydroxylation is 1. The van der Waals surface area contributed by atoms with Gasteiger partial charge in [-0.3, -0.25) is 0 Å². The average molecular weight is 310 g/mol. The standard InChI is InChI=1S/C15H22N2O3S/c1-8-6-12(16)10(3)15(9(8)2)21(18,19)17-13-7-11-4-5-14(13)20-11/h6,11,13-14,17H,4-5,7,16H2,1-3H3. The van der Waals surface area contributed by atoms with Crippen LogP contribution in [0, 0.1) is 20.8 Å². The number of hydrogen-bond donors (Lipinski definition) is 2. The minimum absolute atomic E-state index is 0.0209. The highest BCUT2D eigenvalue weighted by Crippen LogP contribution is 2.36. The van der Waals surface area contributed by atoms with Crippen LogP contribution in [0.25, 0.3) is 0 Å². The monoisotopic (exact) mass is 310 g/mol. The van der Waals surface area contributed by atoms with E-state index in [4.69, 9.17) is 10.5 Å². The third-order valence-electron chi connectivity index (χ3n) is 4.76. The van der Waals surface area contributed by atoms with E-state index < -0.39 is 10.0 Å². The normalized spacial score (nSPS) is 28.2. The number of hydrogen-bond acceptors (Lipinski definition) is 4. The summed E-state index contributed by atoms with van der Waals surface area (Å²) in [6.45, 7) is 5.46. The van der Waals surface area contributed by atoms with Gasteiger partial charge in [-0.05, 0) is 62.8 Å². The maximum atomic E-state index is 12.8. The first-order valence-electron chi connectivity index (χ1n) is 7.33. The van der Waals surface area contributed by atoms with Gasteiger partial charge in [0.15, 0.2) is 0 Å². The van der Waals surface area contributed by atoms with Gasteiger partial charge in [0, 0.05) is 5.69 Å². The molecule has 2 aliphatic rings. The maximum Gasteiger partial charge on any atom is 0.241 e. The third-order valence-corrected chi connectivity index (χ3v) is 6.52. The number of fused-ring (bicyclic) bond motifs is 2. The summed E-state index contributed by atoms with van der Waals surface area (Å²) >= 11 is 0. The highest BCUT2D eigenvalue weighted by atomic mass is 32.2. The van der Waals surface area contributed by atoms with Crippen molar-refractivity contribution in [3.05, 3.63) is 22.8 Å². The van der Waals surface area contributed by atoms with E-state index in [2.05, 4.69) is 4.72 Å². The molecule has 0 saturated carbocycles. The molecule has 0 spiro atoms. The molecule has 3 N–H and O–H groups in total. The zero-order chi connectivity index (χ0) is 15.4. The Morgan fingerprint density at radius 1 is 1.24 bits per heavy atom. The van der Waals surface area contributed by atoms with Crippen molar-refractivity contribution in [2.24, 2.45) is 0 Å². The fraction of sp³-hybridized carbons (Fsp3) is 0.600. The Hall–Kier alpha value is -1.11. The van der Waals surface area contributed by atoms with Crippen molar-refractivity contribution < 1.29 is 13.2 Å². The molecule has 2 fully saturated rings. The minimum Gasteiger partial charge on any atom is -0.398 e. The van der Waals surface area contributed by atoms with Crippen molar-refractivity contribution in [1.82, 2.24) is 4.72 Å². The van der Waals surface area contributed by atoms with Gasteiger partial charge in [0.1, 0.15) is 0 Å².